The first-order valence-corrected chi connectivity index (χ1v) is 9.35. The quantitative estimate of drug-likeness (QED) is 0.579. The van der Waals surface area contributed by atoms with Gasteiger partial charge in [-0.3, -0.25) is 4.57 Å². The summed E-state index contributed by atoms with van der Waals surface area (Å²) < 4.78 is 3.33. The van der Waals surface area contributed by atoms with Crippen LogP contribution in [-0.2, 0) is 6.54 Å². The van der Waals surface area contributed by atoms with Crippen molar-refractivity contribution >= 4 is 0 Å². The summed E-state index contributed by atoms with van der Waals surface area (Å²) in [5.74, 6) is 0.921. The van der Waals surface area contributed by atoms with Crippen molar-refractivity contribution in [3.8, 4) is 5.69 Å². The van der Waals surface area contributed by atoms with E-state index < -0.39 is 0 Å². The maximum absolute atomic E-state index is 13.1. The van der Waals surface area contributed by atoms with Crippen LogP contribution in [0.1, 0.15) is 38.4 Å². The summed E-state index contributed by atoms with van der Waals surface area (Å²) in [5.41, 5.74) is 0.702. The third-order valence-corrected chi connectivity index (χ3v) is 4.69. The third-order valence-electron chi connectivity index (χ3n) is 4.69. The van der Waals surface area contributed by atoms with E-state index in [1.807, 2.05) is 47.1 Å². The highest BCUT2D eigenvalue weighted by molar-refractivity contribution is 5.29. The molecule has 0 atom stereocenters. The number of likely N-dealkylation sites (N-methyl/N-ethyl adjacent to an activating group) is 1. The number of hydrogen-bond acceptors (Lipinski definition) is 3. The van der Waals surface area contributed by atoms with Crippen molar-refractivity contribution in [3.63, 3.8) is 0 Å². The summed E-state index contributed by atoms with van der Waals surface area (Å²) in [5, 5.41) is 4.70. The summed E-state index contributed by atoms with van der Waals surface area (Å²) >= 11 is 0. The van der Waals surface area contributed by atoms with Gasteiger partial charge in [-0.15, -0.1) is 18.3 Å². The summed E-state index contributed by atoms with van der Waals surface area (Å²) in [6.45, 7) is 15.4. The fraction of sp³-hybridized carbons (Fsp3) is 0.429. The molecule has 0 spiro atoms. The van der Waals surface area contributed by atoms with Crippen molar-refractivity contribution in [1.29, 1.82) is 0 Å². The molecular weight excluding hydrogens is 324 g/mol. The second-order valence-corrected chi connectivity index (χ2v) is 6.31. The van der Waals surface area contributed by atoms with Crippen LogP contribution >= 0.6 is 0 Å². The van der Waals surface area contributed by atoms with Gasteiger partial charge in [0.25, 0.3) is 0 Å². The number of nitrogens with zero attached hydrogens (tertiary/aromatic N) is 4. The summed E-state index contributed by atoms with van der Waals surface area (Å²) in [7, 11) is 0. The Morgan fingerprint density at radius 2 is 1.73 bits per heavy atom. The normalized spacial score (nSPS) is 11.2. The van der Waals surface area contributed by atoms with Gasteiger partial charge in [-0.1, -0.05) is 44.2 Å². The Morgan fingerprint density at radius 3 is 2.27 bits per heavy atom. The highest BCUT2D eigenvalue weighted by Gasteiger charge is 2.21. The molecule has 0 amide bonds. The zero-order valence-corrected chi connectivity index (χ0v) is 16.0. The number of allylic oxidation sites excluding steroid dienone is 2. The standard InChI is InChI=1S/C21H30N4O/c1-5-12-18(13-6-2)20-22-25(19-14-10-9-11-15-19)21(26)24(20)17-16-23(7-3)8-4/h5-6,9-11,14-15,18H,1-2,7-8,12-13,16-17H2,3-4H3. The molecule has 0 aliphatic rings. The molecule has 26 heavy (non-hydrogen) atoms. The Morgan fingerprint density at radius 1 is 1.12 bits per heavy atom. The molecule has 140 valence electrons. The maximum atomic E-state index is 13.1. The van der Waals surface area contributed by atoms with Crippen LogP contribution in [0.4, 0.5) is 0 Å². The zero-order chi connectivity index (χ0) is 18.9. The van der Waals surface area contributed by atoms with Crippen LogP contribution in [0.15, 0.2) is 60.4 Å². The number of benzene rings is 1. The van der Waals surface area contributed by atoms with Gasteiger partial charge in [-0.25, -0.2) is 4.79 Å². The Hall–Kier alpha value is -2.40. The molecule has 2 rings (SSSR count). The van der Waals surface area contributed by atoms with E-state index >= 15 is 0 Å². The molecule has 0 unspecified atom stereocenters. The average molecular weight is 354 g/mol. The highest BCUT2D eigenvalue weighted by Crippen LogP contribution is 2.22. The summed E-state index contributed by atoms with van der Waals surface area (Å²) in [4.78, 5) is 15.4. The molecule has 1 aromatic carbocycles. The Kier molecular flexibility index (Phi) is 7.60. The number of para-hydroxylation sites is 1. The van der Waals surface area contributed by atoms with Crippen LogP contribution in [0.5, 0.6) is 0 Å². The van der Waals surface area contributed by atoms with E-state index in [-0.39, 0.29) is 11.6 Å². The lowest BCUT2D eigenvalue weighted by atomic mass is 10.0. The minimum Gasteiger partial charge on any atom is -0.302 e. The van der Waals surface area contributed by atoms with E-state index in [2.05, 4.69) is 31.9 Å². The van der Waals surface area contributed by atoms with Crippen molar-refractivity contribution in [1.82, 2.24) is 19.2 Å². The lowest BCUT2D eigenvalue weighted by Gasteiger charge is -2.19. The molecule has 5 nitrogen and oxygen atoms in total. The molecule has 1 aromatic heterocycles. The molecule has 5 heteroatoms. The van der Waals surface area contributed by atoms with E-state index in [4.69, 9.17) is 5.10 Å². The lowest BCUT2D eigenvalue weighted by molar-refractivity contribution is 0.286. The molecule has 0 aliphatic carbocycles. The summed E-state index contributed by atoms with van der Waals surface area (Å²) in [6.07, 6.45) is 5.30. The Balaban J connectivity index is 2.47. The van der Waals surface area contributed by atoms with E-state index in [0.717, 1.165) is 44.0 Å². The van der Waals surface area contributed by atoms with Crippen molar-refractivity contribution in [2.75, 3.05) is 19.6 Å². The first-order chi connectivity index (χ1) is 12.7. The zero-order valence-electron chi connectivity index (χ0n) is 16.0. The van der Waals surface area contributed by atoms with Gasteiger partial charge in [0.05, 0.1) is 5.69 Å². The SMILES string of the molecule is C=CCC(CC=C)c1nn(-c2ccccc2)c(=O)n1CCN(CC)CC. The molecule has 1 heterocycles. The van der Waals surface area contributed by atoms with Crippen LogP contribution in [0.2, 0.25) is 0 Å². The van der Waals surface area contributed by atoms with Crippen molar-refractivity contribution in [3.05, 3.63) is 72.0 Å². The maximum Gasteiger partial charge on any atom is 0.350 e. The van der Waals surface area contributed by atoms with E-state index in [0.29, 0.717) is 6.54 Å². The molecule has 0 saturated carbocycles. The number of rotatable bonds is 11. The van der Waals surface area contributed by atoms with Crippen molar-refractivity contribution < 1.29 is 0 Å². The smallest absolute Gasteiger partial charge is 0.302 e. The van der Waals surface area contributed by atoms with Gasteiger partial charge in [0.1, 0.15) is 5.82 Å². The van der Waals surface area contributed by atoms with Gasteiger partial charge in [-0.05, 0) is 38.1 Å². The lowest BCUT2D eigenvalue weighted by Crippen LogP contribution is -2.32. The predicted molar refractivity (Wildman–Crippen MR) is 108 cm³/mol. The number of hydrogen-bond donors (Lipinski definition) is 0. The monoisotopic (exact) mass is 354 g/mol. The van der Waals surface area contributed by atoms with Crippen molar-refractivity contribution in [2.24, 2.45) is 0 Å². The molecule has 0 fully saturated rings. The van der Waals surface area contributed by atoms with Gasteiger partial charge >= 0.3 is 5.69 Å². The molecule has 2 aromatic rings. The average Bonchev–Trinajstić information content (AvgIpc) is 2.99. The van der Waals surface area contributed by atoms with Crippen LogP contribution in [-0.4, -0.2) is 38.9 Å². The molecular formula is C21H30N4O. The first kappa shape index (κ1) is 19.9. The van der Waals surface area contributed by atoms with Gasteiger partial charge in [0.2, 0.25) is 0 Å². The Labute approximate surface area is 156 Å². The fourth-order valence-corrected chi connectivity index (χ4v) is 3.15. The van der Waals surface area contributed by atoms with Crippen molar-refractivity contribution in [2.45, 2.75) is 39.2 Å². The first-order valence-electron chi connectivity index (χ1n) is 9.35. The van der Waals surface area contributed by atoms with Crippen LogP contribution < -0.4 is 5.69 Å². The van der Waals surface area contributed by atoms with Gasteiger partial charge < -0.3 is 4.90 Å². The predicted octanol–water partition coefficient (Wildman–Crippen LogP) is 3.61. The topological polar surface area (TPSA) is 43.1 Å². The molecule has 0 N–H and O–H groups in total. The third kappa shape index (κ3) is 4.61. The fourth-order valence-electron chi connectivity index (χ4n) is 3.15. The number of aromatic nitrogens is 3. The molecule has 0 bridgehead atoms. The molecule has 0 saturated heterocycles. The minimum atomic E-state index is -0.0866. The van der Waals surface area contributed by atoms with Crippen LogP contribution in [0.25, 0.3) is 5.69 Å². The van der Waals surface area contributed by atoms with E-state index in [9.17, 15) is 4.79 Å². The second-order valence-electron chi connectivity index (χ2n) is 6.31. The molecule has 0 aliphatic heterocycles. The van der Waals surface area contributed by atoms with E-state index in [1.54, 1.807) is 0 Å². The summed E-state index contributed by atoms with van der Waals surface area (Å²) in [6, 6.07) is 9.58. The van der Waals surface area contributed by atoms with Gasteiger partial charge in [0.15, 0.2) is 0 Å². The van der Waals surface area contributed by atoms with Crippen LogP contribution in [0, 0.1) is 0 Å². The molecule has 0 radical (unpaired) electrons. The Bertz CT molecular complexity index is 746. The van der Waals surface area contributed by atoms with Crippen LogP contribution in [0.3, 0.4) is 0 Å². The largest absolute Gasteiger partial charge is 0.350 e. The second kappa shape index (κ2) is 9.92. The van der Waals surface area contributed by atoms with E-state index in [1.165, 1.54) is 4.68 Å². The van der Waals surface area contributed by atoms with Gasteiger partial charge in [-0.2, -0.15) is 4.68 Å². The van der Waals surface area contributed by atoms with Gasteiger partial charge in [0, 0.05) is 19.0 Å². The highest BCUT2D eigenvalue weighted by atomic mass is 16.2. The minimum absolute atomic E-state index is 0.0866.